The van der Waals surface area contributed by atoms with Gasteiger partial charge in [0.1, 0.15) is 12.4 Å². The molecule has 18 heavy (non-hydrogen) atoms. The Morgan fingerprint density at radius 2 is 2.00 bits per heavy atom. The first-order chi connectivity index (χ1) is 8.88. The molecule has 2 nitrogen and oxygen atoms in total. The third-order valence-corrected chi connectivity index (χ3v) is 2.76. The number of nitrogens with one attached hydrogen (secondary N) is 1. The van der Waals surface area contributed by atoms with Crippen LogP contribution in [0.4, 0.5) is 0 Å². The van der Waals surface area contributed by atoms with Crippen molar-refractivity contribution in [2.45, 2.75) is 33.1 Å². The molecule has 0 saturated carbocycles. The van der Waals surface area contributed by atoms with Crippen LogP contribution in [-0.4, -0.2) is 19.7 Å². The van der Waals surface area contributed by atoms with Crippen LogP contribution in [0, 0.1) is 0 Å². The van der Waals surface area contributed by atoms with Gasteiger partial charge in [0, 0.05) is 12.1 Å². The monoisotopic (exact) mass is 247 g/mol. The number of para-hydroxylation sites is 1. The molecular formula is C16H25NO. The molecule has 0 aliphatic rings. The quantitative estimate of drug-likeness (QED) is 0.669. The topological polar surface area (TPSA) is 21.3 Å². The van der Waals surface area contributed by atoms with Gasteiger partial charge in [0.25, 0.3) is 0 Å². The Labute approximate surface area is 111 Å². The predicted molar refractivity (Wildman–Crippen MR) is 79.0 cm³/mol. The van der Waals surface area contributed by atoms with Crippen molar-refractivity contribution in [3.8, 4) is 5.75 Å². The summed E-state index contributed by atoms with van der Waals surface area (Å²) in [5.74, 6) is 0.964. The van der Waals surface area contributed by atoms with E-state index in [0.717, 1.165) is 31.0 Å². The molecule has 0 amide bonds. The Morgan fingerprint density at radius 1 is 1.17 bits per heavy atom. The summed E-state index contributed by atoms with van der Waals surface area (Å²) < 4.78 is 5.78. The molecule has 1 aromatic carbocycles. The van der Waals surface area contributed by atoms with Crippen molar-refractivity contribution < 1.29 is 4.74 Å². The number of benzene rings is 1. The second-order valence-electron chi connectivity index (χ2n) is 4.34. The highest BCUT2D eigenvalue weighted by Crippen LogP contribution is 2.18. The molecule has 0 saturated heterocycles. The second-order valence-corrected chi connectivity index (χ2v) is 4.34. The van der Waals surface area contributed by atoms with Crippen LogP contribution in [0.25, 0.3) is 6.08 Å². The lowest BCUT2D eigenvalue weighted by Gasteiger charge is -2.09. The van der Waals surface area contributed by atoms with Gasteiger partial charge in [-0.05, 0) is 26.0 Å². The summed E-state index contributed by atoms with van der Waals surface area (Å²) in [6.07, 6.45) is 7.94. The molecule has 0 bridgehead atoms. The van der Waals surface area contributed by atoms with Crippen molar-refractivity contribution in [3.05, 3.63) is 35.9 Å². The van der Waals surface area contributed by atoms with Crippen molar-refractivity contribution in [1.29, 1.82) is 0 Å². The fraction of sp³-hybridized carbons (Fsp3) is 0.500. The van der Waals surface area contributed by atoms with E-state index in [2.05, 4.69) is 24.4 Å². The van der Waals surface area contributed by atoms with E-state index < -0.39 is 0 Å². The summed E-state index contributed by atoms with van der Waals surface area (Å²) in [5, 5.41) is 3.40. The summed E-state index contributed by atoms with van der Waals surface area (Å²) in [6, 6.07) is 8.14. The van der Waals surface area contributed by atoms with Crippen LogP contribution in [0.15, 0.2) is 30.3 Å². The van der Waals surface area contributed by atoms with Gasteiger partial charge in [0.2, 0.25) is 0 Å². The van der Waals surface area contributed by atoms with E-state index >= 15 is 0 Å². The number of ether oxygens (including phenoxy) is 1. The van der Waals surface area contributed by atoms with Crippen LogP contribution in [0.2, 0.25) is 0 Å². The van der Waals surface area contributed by atoms with Gasteiger partial charge in [-0.1, -0.05) is 50.1 Å². The van der Waals surface area contributed by atoms with Crippen LogP contribution in [0.1, 0.15) is 38.7 Å². The molecule has 2 heteroatoms. The molecule has 0 aliphatic carbocycles. The van der Waals surface area contributed by atoms with E-state index in [4.69, 9.17) is 4.74 Å². The minimum absolute atomic E-state index is 0.723. The van der Waals surface area contributed by atoms with Crippen LogP contribution in [0.3, 0.4) is 0 Å². The van der Waals surface area contributed by atoms with Gasteiger partial charge in [0.15, 0.2) is 0 Å². The molecule has 1 N–H and O–H groups in total. The minimum Gasteiger partial charge on any atom is -0.492 e. The molecule has 0 fully saturated rings. The maximum atomic E-state index is 5.78. The molecule has 1 aromatic rings. The summed E-state index contributed by atoms with van der Waals surface area (Å²) in [5.41, 5.74) is 1.14. The van der Waals surface area contributed by atoms with Crippen molar-refractivity contribution in [3.63, 3.8) is 0 Å². The molecule has 0 atom stereocenters. The van der Waals surface area contributed by atoms with E-state index in [1.165, 1.54) is 19.3 Å². The fourth-order valence-corrected chi connectivity index (χ4v) is 1.79. The molecular weight excluding hydrogens is 222 g/mol. The number of allylic oxidation sites excluding steroid dienone is 1. The third kappa shape index (κ3) is 5.87. The lowest BCUT2D eigenvalue weighted by molar-refractivity contribution is 0.313. The lowest BCUT2D eigenvalue weighted by atomic mass is 10.2. The van der Waals surface area contributed by atoms with Crippen LogP contribution >= 0.6 is 0 Å². The van der Waals surface area contributed by atoms with E-state index in [0.29, 0.717) is 0 Å². The van der Waals surface area contributed by atoms with Gasteiger partial charge in [-0.25, -0.2) is 0 Å². The summed E-state index contributed by atoms with van der Waals surface area (Å²) >= 11 is 0. The molecule has 0 aromatic heterocycles. The molecule has 0 radical (unpaired) electrons. The largest absolute Gasteiger partial charge is 0.492 e. The molecule has 0 aliphatic heterocycles. The Hall–Kier alpha value is -1.28. The Kier molecular flexibility index (Phi) is 7.98. The van der Waals surface area contributed by atoms with Gasteiger partial charge in [-0.15, -0.1) is 0 Å². The average Bonchev–Trinajstić information content (AvgIpc) is 2.40. The second kappa shape index (κ2) is 9.72. The highest BCUT2D eigenvalue weighted by molar-refractivity contribution is 5.56. The normalized spacial score (nSPS) is 11.0. The SMILES string of the molecule is CC=Cc1ccccc1OCCNCCCCC. The van der Waals surface area contributed by atoms with Crippen molar-refractivity contribution >= 4 is 6.08 Å². The lowest BCUT2D eigenvalue weighted by Crippen LogP contribution is -2.22. The number of hydrogen-bond donors (Lipinski definition) is 1. The predicted octanol–water partition coefficient (Wildman–Crippen LogP) is 3.88. The molecule has 0 spiro atoms. The van der Waals surface area contributed by atoms with E-state index in [9.17, 15) is 0 Å². The fourth-order valence-electron chi connectivity index (χ4n) is 1.79. The maximum Gasteiger partial charge on any atom is 0.126 e. The zero-order valence-electron chi connectivity index (χ0n) is 11.6. The first kappa shape index (κ1) is 14.8. The Bertz CT molecular complexity index is 347. The Balaban J connectivity index is 2.22. The van der Waals surface area contributed by atoms with E-state index in [1.54, 1.807) is 0 Å². The van der Waals surface area contributed by atoms with Crippen LogP contribution < -0.4 is 10.1 Å². The zero-order valence-corrected chi connectivity index (χ0v) is 11.6. The number of hydrogen-bond acceptors (Lipinski definition) is 2. The van der Waals surface area contributed by atoms with Crippen molar-refractivity contribution in [1.82, 2.24) is 5.32 Å². The standard InChI is InChI=1S/C16H25NO/c1-3-5-8-12-17-13-14-18-16-11-7-6-10-15(16)9-4-2/h4,6-7,9-11,17H,3,5,8,12-14H2,1-2H3. The highest BCUT2D eigenvalue weighted by atomic mass is 16.5. The summed E-state index contributed by atoms with van der Waals surface area (Å²) in [4.78, 5) is 0. The maximum absolute atomic E-state index is 5.78. The van der Waals surface area contributed by atoms with Gasteiger partial charge in [-0.3, -0.25) is 0 Å². The molecule has 0 unspecified atom stereocenters. The molecule has 1 rings (SSSR count). The third-order valence-electron chi connectivity index (χ3n) is 2.76. The first-order valence-electron chi connectivity index (χ1n) is 6.93. The van der Waals surface area contributed by atoms with E-state index in [1.807, 2.05) is 31.2 Å². The summed E-state index contributed by atoms with van der Waals surface area (Å²) in [6.45, 7) is 6.97. The van der Waals surface area contributed by atoms with Crippen molar-refractivity contribution in [2.24, 2.45) is 0 Å². The Morgan fingerprint density at radius 3 is 2.78 bits per heavy atom. The van der Waals surface area contributed by atoms with Gasteiger partial charge < -0.3 is 10.1 Å². The average molecular weight is 247 g/mol. The minimum atomic E-state index is 0.723. The highest BCUT2D eigenvalue weighted by Gasteiger charge is 1.98. The van der Waals surface area contributed by atoms with Gasteiger partial charge in [-0.2, -0.15) is 0 Å². The molecule has 0 heterocycles. The number of rotatable bonds is 9. The van der Waals surface area contributed by atoms with Crippen LogP contribution in [-0.2, 0) is 0 Å². The number of unbranched alkanes of at least 4 members (excludes halogenated alkanes) is 2. The van der Waals surface area contributed by atoms with Gasteiger partial charge >= 0.3 is 0 Å². The summed E-state index contributed by atoms with van der Waals surface area (Å²) in [7, 11) is 0. The first-order valence-corrected chi connectivity index (χ1v) is 6.93. The van der Waals surface area contributed by atoms with Gasteiger partial charge in [0.05, 0.1) is 0 Å². The molecule has 100 valence electrons. The zero-order chi connectivity index (χ0) is 13.1. The smallest absolute Gasteiger partial charge is 0.126 e. The van der Waals surface area contributed by atoms with Crippen molar-refractivity contribution in [2.75, 3.05) is 19.7 Å². The van der Waals surface area contributed by atoms with E-state index in [-0.39, 0.29) is 0 Å². The van der Waals surface area contributed by atoms with Crippen LogP contribution in [0.5, 0.6) is 5.75 Å².